The number of hydrogen-bond acceptors (Lipinski definition) is 3. The minimum atomic E-state index is -0.352. The van der Waals surface area contributed by atoms with Crippen molar-refractivity contribution in [2.24, 2.45) is 11.3 Å². The van der Waals surface area contributed by atoms with E-state index >= 15 is 0 Å². The standard InChI is InChI=1S/C26H33N3O2/c1-18(2)17-28(23(30)16-26(4,5)6)19(3)24-27-22-15-11-10-14-21(22)25(31)29(24)20-12-8-7-9-13-20/h7-15,18-19H,16-17H2,1-6H3. The van der Waals surface area contributed by atoms with Gasteiger partial charge in [0.15, 0.2) is 0 Å². The number of amides is 1. The fraction of sp³-hybridized carbons (Fsp3) is 0.423. The summed E-state index contributed by atoms with van der Waals surface area (Å²) in [6.07, 6.45) is 0.438. The summed E-state index contributed by atoms with van der Waals surface area (Å²) in [6, 6.07) is 16.6. The van der Waals surface area contributed by atoms with Crippen LogP contribution in [0.1, 0.15) is 59.8 Å². The third-order valence-electron chi connectivity index (χ3n) is 5.22. The van der Waals surface area contributed by atoms with Crippen molar-refractivity contribution in [1.29, 1.82) is 0 Å². The van der Waals surface area contributed by atoms with E-state index in [9.17, 15) is 9.59 Å². The molecular formula is C26H33N3O2. The molecule has 0 fully saturated rings. The number of aromatic nitrogens is 2. The van der Waals surface area contributed by atoms with Crippen LogP contribution in [-0.4, -0.2) is 26.9 Å². The number of fused-ring (bicyclic) bond motifs is 1. The summed E-state index contributed by atoms with van der Waals surface area (Å²) in [5.74, 6) is 0.956. The lowest BCUT2D eigenvalue weighted by molar-refractivity contribution is -0.136. The fourth-order valence-corrected chi connectivity index (χ4v) is 3.82. The van der Waals surface area contributed by atoms with Gasteiger partial charge in [-0.3, -0.25) is 14.2 Å². The van der Waals surface area contributed by atoms with Crippen LogP contribution in [0.15, 0.2) is 59.4 Å². The molecule has 0 bridgehead atoms. The van der Waals surface area contributed by atoms with E-state index in [-0.39, 0.29) is 22.9 Å². The lowest BCUT2D eigenvalue weighted by Gasteiger charge is -2.33. The number of carbonyl (C=O) groups excluding carboxylic acids is 1. The molecule has 164 valence electrons. The van der Waals surface area contributed by atoms with E-state index in [0.29, 0.717) is 35.6 Å². The number of rotatable bonds is 6. The third-order valence-corrected chi connectivity index (χ3v) is 5.22. The molecule has 3 aromatic rings. The topological polar surface area (TPSA) is 55.2 Å². The molecule has 1 amide bonds. The largest absolute Gasteiger partial charge is 0.333 e. The SMILES string of the molecule is CC(C)CN(C(=O)CC(C)(C)C)C(C)c1nc2ccccc2c(=O)n1-c1ccccc1. The highest BCUT2D eigenvalue weighted by Crippen LogP contribution is 2.27. The number of benzene rings is 2. The molecule has 0 spiro atoms. The monoisotopic (exact) mass is 419 g/mol. The third kappa shape index (κ3) is 5.22. The Morgan fingerprint density at radius 2 is 1.61 bits per heavy atom. The van der Waals surface area contributed by atoms with E-state index in [1.807, 2.05) is 60.4 Å². The van der Waals surface area contributed by atoms with E-state index in [1.54, 1.807) is 10.6 Å². The first-order chi connectivity index (χ1) is 14.6. The van der Waals surface area contributed by atoms with Crippen molar-refractivity contribution < 1.29 is 4.79 Å². The van der Waals surface area contributed by atoms with Crippen LogP contribution < -0.4 is 5.56 Å². The Morgan fingerprint density at radius 1 is 1.00 bits per heavy atom. The first-order valence-electron chi connectivity index (χ1n) is 10.9. The molecule has 0 saturated carbocycles. The molecule has 5 nitrogen and oxygen atoms in total. The second-order valence-corrected chi connectivity index (χ2v) is 9.82. The zero-order valence-electron chi connectivity index (χ0n) is 19.4. The van der Waals surface area contributed by atoms with Gasteiger partial charge in [-0.2, -0.15) is 0 Å². The smallest absolute Gasteiger partial charge is 0.266 e. The minimum Gasteiger partial charge on any atom is -0.333 e. The molecule has 0 aliphatic carbocycles. The van der Waals surface area contributed by atoms with Crippen LogP contribution in [0, 0.1) is 11.3 Å². The lowest BCUT2D eigenvalue weighted by atomic mass is 9.91. The molecule has 1 heterocycles. The molecular weight excluding hydrogens is 386 g/mol. The summed E-state index contributed by atoms with van der Waals surface area (Å²) in [7, 11) is 0. The first kappa shape index (κ1) is 22.7. The van der Waals surface area contributed by atoms with Crippen LogP contribution in [-0.2, 0) is 4.79 Å². The highest BCUT2D eigenvalue weighted by Gasteiger charge is 2.29. The zero-order chi connectivity index (χ0) is 22.8. The van der Waals surface area contributed by atoms with Gasteiger partial charge in [-0.25, -0.2) is 4.98 Å². The second kappa shape index (κ2) is 9.04. The average molecular weight is 420 g/mol. The molecule has 2 aromatic carbocycles. The molecule has 0 N–H and O–H groups in total. The van der Waals surface area contributed by atoms with E-state index in [0.717, 1.165) is 5.69 Å². The highest BCUT2D eigenvalue weighted by atomic mass is 16.2. The molecule has 1 atom stereocenters. The number of carbonyl (C=O) groups is 1. The Kier molecular flexibility index (Phi) is 6.63. The Morgan fingerprint density at radius 3 is 2.23 bits per heavy atom. The summed E-state index contributed by atoms with van der Waals surface area (Å²) in [4.78, 5) is 33.6. The van der Waals surface area contributed by atoms with Crippen LogP contribution in [0.4, 0.5) is 0 Å². The van der Waals surface area contributed by atoms with Gasteiger partial charge in [0.25, 0.3) is 5.56 Å². The normalized spacial score (nSPS) is 12.9. The van der Waals surface area contributed by atoms with Gasteiger partial charge in [-0.1, -0.05) is 65.0 Å². The van der Waals surface area contributed by atoms with Gasteiger partial charge < -0.3 is 4.90 Å². The van der Waals surface area contributed by atoms with Crippen LogP contribution in [0.5, 0.6) is 0 Å². The van der Waals surface area contributed by atoms with Crippen molar-refractivity contribution in [3.63, 3.8) is 0 Å². The molecule has 0 aliphatic rings. The summed E-state index contributed by atoms with van der Waals surface area (Å²) < 4.78 is 1.66. The maximum absolute atomic E-state index is 13.5. The summed E-state index contributed by atoms with van der Waals surface area (Å²) in [5, 5.41) is 0.568. The van der Waals surface area contributed by atoms with Gasteiger partial charge in [-0.15, -0.1) is 0 Å². The second-order valence-electron chi connectivity index (χ2n) is 9.82. The highest BCUT2D eigenvalue weighted by molar-refractivity contribution is 5.79. The van der Waals surface area contributed by atoms with Crippen LogP contribution in [0.25, 0.3) is 16.6 Å². The predicted molar refractivity (Wildman–Crippen MR) is 126 cm³/mol. The number of hydrogen-bond donors (Lipinski definition) is 0. The van der Waals surface area contributed by atoms with Gasteiger partial charge in [0.2, 0.25) is 5.91 Å². The van der Waals surface area contributed by atoms with E-state index in [1.165, 1.54) is 0 Å². The van der Waals surface area contributed by atoms with Gasteiger partial charge >= 0.3 is 0 Å². The van der Waals surface area contributed by atoms with Crippen LogP contribution >= 0.6 is 0 Å². The molecule has 5 heteroatoms. The minimum absolute atomic E-state index is 0.0794. The zero-order valence-corrected chi connectivity index (χ0v) is 19.4. The maximum Gasteiger partial charge on any atom is 0.266 e. The van der Waals surface area contributed by atoms with Crippen molar-refractivity contribution in [2.45, 2.75) is 54.0 Å². The molecule has 0 saturated heterocycles. The lowest BCUT2D eigenvalue weighted by Crippen LogP contribution is -2.40. The predicted octanol–water partition coefficient (Wildman–Crippen LogP) is 5.37. The van der Waals surface area contributed by atoms with E-state index in [4.69, 9.17) is 4.98 Å². The van der Waals surface area contributed by atoms with E-state index < -0.39 is 0 Å². The van der Waals surface area contributed by atoms with Crippen molar-refractivity contribution in [2.75, 3.05) is 6.54 Å². The molecule has 3 rings (SSSR count). The van der Waals surface area contributed by atoms with Crippen LogP contribution in [0.3, 0.4) is 0 Å². The molecule has 1 aromatic heterocycles. The fourth-order valence-electron chi connectivity index (χ4n) is 3.82. The molecule has 0 radical (unpaired) electrons. The quantitative estimate of drug-likeness (QED) is 0.540. The van der Waals surface area contributed by atoms with Gasteiger partial charge in [-0.05, 0) is 42.5 Å². The molecule has 0 aliphatic heterocycles. The van der Waals surface area contributed by atoms with E-state index in [2.05, 4.69) is 34.6 Å². The van der Waals surface area contributed by atoms with Crippen molar-refractivity contribution in [3.05, 3.63) is 70.8 Å². The Bertz CT molecular complexity index is 1110. The molecule has 31 heavy (non-hydrogen) atoms. The number of para-hydroxylation sites is 2. The van der Waals surface area contributed by atoms with Crippen molar-refractivity contribution in [1.82, 2.24) is 14.5 Å². The Hall–Kier alpha value is -2.95. The molecule has 1 unspecified atom stereocenters. The first-order valence-corrected chi connectivity index (χ1v) is 10.9. The summed E-state index contributed by atoms with van der Waals surface area (Å²) >= 11 is 0. The Balaban J connectivity index is 2.20. The summed E-state index contributed by atoms with van der Waals surface area (Å²) in [5.41, 5.74) is 1.16. The van der Waals surface area contributed by atoms with Crippen molar-refractivity contribution >= 4 is 16.8 Å². The van der Waals surface area contributed by atoms with Gasteiger partial charge in [0.05, 0.1) is 22.6 Å². The average Bonchev–Trinajstić information content (AvgIpc) is 2.70. The van der Waals surface area contributed by atoms with Gasteiger partial charge in [0.1, 0.15) is 5.82 Å². The summed E-state index contributed by atoms with van der Waals surface area (Å²) in [6.45, 7) is 13.0. The number of nitrogens with zero attached hydrogens (tertiary/aromatic N) is 3. The van der Waals surface area contributed by atoms with Crippen molar-refractivity contribution in [3.8, 4) is 5.69 Å². The van der Waals surface area contributed by atoms with Crippen LogP contribution in [0.2, 0.25) is 0 Å². The maximum atomic E-state index is 13.5. The van der Waals surface area contributed by atoms with Gasteiger partial charge in [0, 0.05) is 13.0 Å². The Labute approximate surface area is 184 Å².